The molecule has 0 aliphatic carbocycles. The minimum absolute atomic E-state index is 0.0350. The van der Waals surface area contributed by atoms with Gasteiger partial charge in [-0.1, -0.05) is 12.1 Å². The summed E-state index contributed by atoms with van der Waals surface area (Å²) in [7, 11) is 0. The number of phenolic OH excluding ortho intramolecular Hbond substituents is 1. The molecule has 34 heavy (non-hydrogen) atoms. The molecule has 1 aromatic carbocycles. The topological polar surface area (TPSA) is 249 Å². The van der Waals surface area contributed by atoms with Crippen molar-refractivity contribution >= 4 is 29.7 Å². The molecule has 3 amide bonds. The second-order valence-corrected chi connectivity index (χ2v) is 7.30. The summed E-state index contributed by atoms with van der Waals surface area (Å²) in [5, 5.41) is 52.5. The van der Waals surface area contributed by atoms with Gasteiger partial charge in [-0.2, -0.15) is 0 Å². The third-order valence-corrected chi connectivity index (χ3v) is 4.62. The van der Waals surface area contributed by atoms with Crippen molar-refractivity contribution in [1.29, 1.82) is 0 Å². The van der Waals surface area contributed by atoms with Gasteiger partial charge >= 0.3 is 11.9 Å². The smallest absolute Gasteiger partial charge is 0.326 e. The average molecular weight is 484 g/mol. The zero-order valence-electron chi connectivity index (χ0n) is 18.0. The van der Waals surface area contributed by atoms with Gasteiger partial charge in [0.25, 0.3) is 0 Å². The number of nitrogens with two attached hydrogens (primary N) is 1. The molecular formula is C20H28N4O10. The van der Waals surface area contributed by atoms with Crippen molar-refractivity contribution in [3.63, 3.8) is 0 Å². The maximum atomic E-state index is 12.6. The fraction of sp³-hybridized carbons (Fsp3) is 0.450. The number of nitrogens with one attached hydrogen (secondary N) is 3. The number of carboxylic acids is 2. The third-order valence-electron chi connectivity index (χ3n) is 4.62. The Bertz CT molecular complexity index is 877. The SMILES string of the molecule is NC(CO)C(=O)NC(CCC(=O)O)C(=O)NC(CO)C(=O)NC(Cc1ccc(O)cc1)C(=O)O. The van der Waals surface area contributed by atoms with Crippen LogP contribution in [0.4, 0.5) is 0 Å². The largest absolute Gasteiger partial charge is 0.508 e. The lowest BCUT2D eigenvalue weighted by Gasteiger charge is -2.24. The zero-order valence-corrected chi connectivity index (χ0v) is 18.0. The lowest BCUT2D eigenvalue weighted by Crippen LogP contribution is -2.58. The summed E-state index contributed by atoms with van der Waals surface area (Å²) < 4.78 is 0. The Hall–Kier alpha value is -3.75. The Labute approximate surface area is 193 Å². The average Bonchev–Trinajstić information content (AvgIpc) is 2.79. The minimum Gasteiger partial charge on any atom is -0.508 e. The van der Waals surface area contributed by atoms with Gasteiger partial charge in [0, 0.05) is 12.8 Å². The second kappa shape index (κ2) is 13.7. The van der Waals surface area contributed by atoms with Crippen LogP contribution in [0.5, 0.6) is 5.75 Å². The Morgan fingerprint density at radius 1 is 0.794 bits per heavy atom. The highest BCUT2D eigenvalue weighted by molar-refractivity contribution is 5.94. The number of carbonyl (C=O) groups is 5. The number of phenols is 1. The van der Waals surface area contributed by atoms with Gasteiger partial charge in [-0.3, -0.25) is 19.2 Å². The molecule has 0 saturated carbocycles. The molecule has 14 nitrogen and oxygen atoms in total. The van der Waals surface area contributed by atoms with Crippen LogP contribution in [0, 0.1) is 0 Å². The first-order chi connectivity index (χ1) is 16.0. The van der Waals surface area contributed by atoms with E-state index >= 15 is 0 Å². The summed E-state index contributed by atoms with van der Waals surface area (Å²) in [5.74, 6) is -5.72. The lowest BCUT2D eigenvalue weighted by atomic mass is 10.1. The van der Waals surface area contributed by atoms with E-state index in [1.54, 1.807) is 0 Å². The molecule has 0 fully saturated rings. The molecule has 14 heteroatoms. The number of rotatable bonds is 14. The van der Waals surface area contributed by atoms with Crippen molar-refractivity contribution in [3.05, 3.63) is 29.8 Å². The van der Waals surface area contributed by atoms with Gasteiger partial charge in [0.05, 0.1) is 13.2 Å². The molecule has 1 rings (SSSR count). The number of hydrogen-bond donors (Lipinski definition) is 9. The highest BCUT2D eigenvalue weighted by atomic mass is 16.4. The second-order valence-electron chi connectivity index (χ2n) is 7.30. The maximum Gasteiger partial charge on any atom is 0.326 e. The Morgan fingerprint density at radius 3 is 1.82 bits per heavy atom. The third kappa shape index (κ3) is 9.40. The number of aromatic hydroxyl groups is 1. The van der Waals surface area contributed by atoms with Crippen molar-refractivity contribution in [2.45, 2.75) is 43.4 Å². The zero-order chi connectivity index (χ0) is 25.8. The van der Waals surface area contributed by atoms with E-state index in [1.807, 2.05) is 0 Å². The Kier molecular flexibility index (Phi) is 11.4. The highest BCUT2D eigenvalue weighted by Gasteiger charge is 2.30. The van der Waals surface area contributed by atoms with Gasteiger partial charge in [0.2, 0.25) is 17.7 Å². The van der Waals surface area contributed by atoms with Crippen LogP contribution in [-0.2, 0) is 30.4 Å². The van der Waals surface area contributed by atoms with Crippen molar-refractivity contribution in [1.82, 2.24) is 16.0 Å². The molecule has 4 unspecified atom stereocenters. The van der Waals surface area contributed by atoms with E-state index in [2.05, 4.69) is 16.0 Å². The van der Waals surface area contributed by atoms with Crippen LogP contribution in [-0.4, -0.2) is 92.6 Å². The van der Waals surface area contributed by atoms with Crippen LogP contribution in [0.25, 0.3) is 0 Å². The van der Waals surface area contributed by atoms with Gasteiger partial charge in [0.15, 0.2) is 0 Å². The van der Waals surface area contributed by atoms with E-state index < -0.39 is 73.5 Å². The fourth-order valence-corrected chi connectivity index (χ4v) is 2.70. The predicted molar refractivity (Wildman–Crippen MR) is 114 cm³/mol. The summed E-state index contributed by atoms with van der Waals surface area (Å²) in [5.41, 5.74) is 5.85. The van der Waals surface area contributed by atoms with Crippen molar-refractivity contribution < 1.29 is 49.5 Å². The molecule has 4 atom stereocenters. The standard InChI is InChI=1S/C20H28N4O10/c21-12(8-25)17(30)22-13(5-6-16(28)29)18(31)24-15(9-26)19(32)23-14(20(33)34)7-10-1-3-11(27)4-2-10/h1-4,12-15,25-27H,5-9,21H2,(H,22,30)(H,23,32)(H,24,31)(H,28,29)(H,33,34). The van der Waals surface area contributed by atoms with Crippen LogP contribution in [0.3, 0.4) is 0 Å². The molecule has 0 bridgehead atoms. The van der Waals surface area contributed by atoms with E-state index in [1.165, 1.54) is 24.3 Å². The number of amides is 3. The monoisotopic (exact) mass is 484 g/mol. The maximum absolute atomic E-state index is 12.6. The Balaban J connectivity index is 2.89. The molecule has 188 valence electrons. The van der Waals surface area contributed by atoms with Crippen LogP contribution < -0.4 is 21.7 Å². The summed E-state index contributed by atoms with van der Waals surface area (Å²) in [6.07, 6.45) is -1.08. The van der Waals surface area contributed by atoms with Crippen molar-refractivity contribution in [2.75, 3.05) is 13.2 Å². The summed E-state index contributed by atoms with van der Waals surface area (Å²) >= 11 is 0. The number of carbonyl (C=O) groups excluding carboxylic acids is 3. The lowest BCUT2D eigenvalue weighted by molar-refractivity contribution is -0.142. The van der Waals surface area contributed by atoms with E-state index in [-0.39, 0.29) is 18.6 Å². The summed E-state index contributed by atoms with van der Waals surface area (Å²) in [6, 6.07) is -0.325. The van der Waals surface area contributed by atoms with Crippen LogP contribution in [0.2, 0.25) is 0 Å². The number of aliphatic carboxylic acids is 2. The highest BCUT2D eigenvalue weighted by Crippen LogP contribution is 2.11. The van der Waals surface area contributed by atoms with Crippen LogP contribution >= 0.6 is 0 Å². The predicted octanol–water partition coefficient (Wildman–Crippen LogP) is -3.35. The fourth-order valence-electron chi connectivity index (χ4n) is 2.70. The molecule has 0 radical (unpaired) electrons. The van der Waals surface area contributed by atoms with Crippen LogP contribution in [0.15, 0.2) is 24.3 Å². The number of benzene rings is 1. The van der Waals surface area contributed by atoms with Gasteiger partial charge in [-0.05, 0) is 24.1 Å². The quantitative estimate of drug-likeness (QED) is 0.126. The summed E-state index contributed by atoms with van der Waals surface area (Å²) in [6.45, 7) is -1.67. The van der Waals surface area contributed by atoms with Crippen molar-refractivity contribution in [3.8, 4) is 5.75 Å². The molecular weight excluding hydrogens is 456 g/mol. The van der Waals surface area contributed by atoms with Gasteiger partial charge in [-0.15, -0.1) is 0 Å². The molecule has 10 N–H and O–H groups in total. The molecule has 1 aromatic rings. The van der Waals surface area contributed by atoms with Crippen LogP contribution in [0.1, 0.15) is 18.4 Å². The molecule has 0 aliphatic rings. The van der Waals surface area contributed by atoms with Gasteiger partial charge < -0.3 is 47.2 Å². The molecule has 0 aliphatic heterocycles. The minimum atomic E-state index is -1.62. The molecule has 0 saturated heterocycles. The molecule has 0 spiro atoms. The van der Waals surface area contributed by atoms with Gasteiger partial charge in [0.1, 0.15) is 29.9 Å². The summed E-state index contributed by atoms with van der Waals surface area (Å²) in [4.78, 5) is 59.4. The number of aliphatic hydroxyl groups is 2. The van der Waals surface area contributed by atoms with E-state index in [0.29, 0.717) is 5.56 Å². The molecule has 0 heterocycles. The van der Waals surface area contributed by atoms with Crippen molar-refractivity contribution in [2.24, 2.45) is 5.73 Å². The van der Waals surface area contributed by atoms with E-state index in [9.17, 15) is 39.3 Å². The molecule has 0 aromatic heterocycles. The first kappa shape index (κ1) is 28.3. The number of carboxylic acid groups (broad SMARTS) is 2. The number of aliphatic hydroxyl groups excluding tert-OH is 2. The van der Waals surface area contributed by atoms with Gasteiger partial charge in [-0.25, -0.2) is 4.79 Å². The van der Waals surface area contributed by atoms with E-state index in [4.69, 9.17) is 15.9 Å². The van der Waals surface area contributed by atoms with E-state index in [0.717, 1.165) is 0 Å². The number of hydrogen-bond acceptors (Lipinski definition) is 9. The first-order valence-electron chi connectivity index (χ1n) is 10.1. The Morgan fingerprint density at radius 2 is 1.32 bits per heavy atom. The first-order valence-corrected chi connectivity index (χ1v) is 10.1. The normalized spacial score (nSPS) is 14.2.